The third kappa shape index (κ3) is 2.38. The van der Waals surface area contributed by atoms with Crippen LogP contribution >= 0.6 is 0 Å². The van der Waals surface area contributed by atoms with E-state index in [-0.39, 0.29) is 5.91 Å². The van der Waals surface area contributed by atoms with Crippen molar-refractivity contribution in [3.05, 3.63) is 36.2 Å². The number of nitrogens with one attached hydrogen (secondary N) is 1. The van der Waals surface area contributed by atoms with Crippen molar-refractivity contribution < 1.29 is 4.79 Å². The standard InChI is InChI=1S/C10H12NO/c1-3-9-4-6-10(7-5-9)11-8(2)12/h3-7H,1-2H3,(H,11,12). The van der Waals surface area contributed by atoms with Crippen LogP contribution in [0.1, 0.15) is 19.4 Å². The summed E-state index contributed by atoms with van der Waals surface area (Å²) in [5.74, 6) is -0.0387. The normalized spacial score (nSPS) is 9.50. The van der Waals surface area contributed by atoms with Gasteiger partial charge in [0.1, 0.15) is 0 Å². The molecule has 0 aliphatic rings. The minimum absolute atomic E-state index is 0.0387. The van der Waals surface area contributed by atoms with Gasteiger partial charge in [-0.1, -0.05) is 19.1 Å². The van der Waals surface area contributed by atoms with E-state index in [2.05, 4.69) is 5.32 Å². The zero-order chi connectivity index (χ0) is 8.97. The van der Waals surface area contributed by atoms with Crippen LogP contribution < -0.4 is 5.32 Å². The van der Waals surface area contributed by atoms with E-state index in [0.29, 0.717) is 0 Å². The van der Waals surface area contributed by atoms with Crippen molar-refractivity contribution in [1.82, 2.24) is 0 Å². The van der Waals surface area contributed by atoms with Gasteiger partial charge in [0, 0.05) is 12.6 Å². The molecule has 0 fully saturated rings. The maximum atomic E-state index is 10.6. The average molecular weight is 162 g/mol. The minimum atomic E-state index is -0.0387. The number of carbonyl (C=O) groups excluding carboxylic acids is 1. The van der Waals surface area contributed by atoms with E-state index in [1.807, 2.05) is 37.6 Å². The van der Waals surface area contributed by atoms with Crippen LogP contribution in [0.4, 0.5) is 5.69 Å². The number of rotatable bonds is 2. The first-order chi connectivity index (χ1) is 5.72. The van der Waals surface area contributed by atoms with E-state index in [9.17, 15) is 4.79 Å². The molecule has 1 rings (SSSR count). The molecule has 63 valence electrons. The Balaban J connectivity index is 2.71. The summed E-state index contributed by atoms with van der Waals surface area (Å²) >= 11 is 0. The second-order valence-corrected chi connectivity index (χ2v) is 2.59. The van der Waals surface area contributed by atoms with Crippen LogP contribution in [0.5, 0.6) is 0 Å². The Morgan fingerprint density at radius 3 is 2.33 bits per heavy atom. The topological polar surface area (TPSA) is 29.1 Å². The number of amides is 1. The minimum Gasteiger partial charge on any atom is -0.326 e. The lowest BCUT2D eigenvalue weighted by Crippen LogP contribution is -2.05. The SMILES string of the molecule is C[CH]c1ccc(NC(C)=O)cc1. The summed E-state index contributed by atoms with van der Waals surface area (Å²) in [6.07, 6.45) is 2.01. The average Bonchev–Trinajstić information content (AvgIpc) is 2.05. The fourth-order valence-electron chi connectivity index (χ4n) is 0.962. The summed E-state index contributed by atoms with van der Waals surface area (Å²) in [5, 5.41) is 2.70. The lowest BCUT2D eigenvalue weighted by molar-refractivity contribution is -0.114. The maximum Gasteiger partial charge on any atom is 0.221 e. The van der Waals surface area contributed by atoms with Crippen molar-refractivity contribution in [2.45, 2.75) is 13.8 Å². The summed E-state index contributed by atoms with van der Waals surface area (Å²) in [6, 6.07) is 7.70. The molecule has 0 saturated heterocycles. The molecule has 0 spiro atoms. The zero-order valence-electron chi connectivity index (χ0n) is 7.29. The molecule has 1 amide bonds. The first-order valence-corrected chi connectivity index (χ1v) is 3.89. The first-order valence-electron chi connectivity index (χ1n) is 3.89. The Hall–Kier alpha value is -1.31. The van der Waals surface area contributed by atoms with Gasteiger partial charge >= 0.3 is 0 Å². The van der Waals surface area contributed by atoms with E-state index >= 15 is 0 Å². The molecule has 0 aliphatic heterocycles. The Morgan fingerprint density at radius 1 is 1.33 bits per heavy atom. The third-order valence-electron chi connectivity index (χ3n) is 1.56. The third-order valence-corrected chi connectivity index (χ3v) is 1.56. The predicted molar refractivity (Wildman–Crippen MR) is 49.8 cm³/mol. The van der Waals surface area contributed by atoms with Gasteiger partial charge in [-0.3, -0.25) is 4.79 Å². The van der Waals surface area contributed by atoms with Gasteiger partial charge in [-0.05, 0) is 24.1 Å². The molecule has 0 aliphatic carbocycles. The Kier molecular flexibility index (Phi) is 2.86. The van der Waals surface area contributed by atoms with Gasteiger partial charge < -0.3 is 5.32 Å². The number of hydrogen-bond donors (Lipinski definition) is 1. The van der Waals surface area contributed by atoms with Crippen molar-refractivity contribution in [2.24, 2.45) is 0 Å². The van der Waals surface area contributed by atoms with Gasteiger partial charge in [0.05, 0.1) is 0 Å². The van der Waals surface area contributed by atoms with E-state index in [4.69, 9.17) is 0 Å². The van der Waals surface area contributed by atoms with Gasteiger partial charge in [0.25, 0.3) is 0 Å². The van der Waals surface area contributed by atoms with Crippen molar-refractivity contribution in [3.63, 3.8) is 0 Å². The molecular formula is C10H12NO. The van der Waals surface area contributed by atoms with Crippen molar-refractivity contribution in [3.8, 4) is 0 Å². The number of hydrogen-bond acceptors (Lipinski definition) is 1. The Morgan fingerprint density at radius 2 is 1.92 bits per heavy atom. The lowest BCUT2D eigenvalue weighted by atomic mass is 10.1. The largest absolute Gasteiger partial charge is 0.326 e. The van der Waals surface area contributed by atoms with Gasteiger partial charge in [0.15, 0.2) is 0 Å². The van der Waals surface area contributed by atoms with Crippen LogP contribution in [-0.4, -0.2) is 5.91 Å². The predicted octanol–water partition coefficient (Wildman–Crippen LogP) is 2.22. The lowest BCUT2D eigenvalue weighted by Gasteiger charge is -2.01. The summed E-state index contributed by atoms with van der Waals surface area (Å²) in [7, 11) is 0. The smallest absolute Gasteiger partial charge is 0.221 e. The van der Waals surface area contributed by atoms with Crippen LogP contribution in [0.3, 0.4) is 0 Å². The monoisotopic (exact) mass is 162 g/mol. The highest BCUT2D eigenvalue weighted by Crippen LogP contribution is 2.10. The molecule has 0 atom stereocenters. The molecule has 2 heteroatoms. The zero-order valence-corrected chi connectivity index (χ0v) is 7.29. The number of carbonyl (C=O) groups is 1. The second kappa shape index (κ2) is 3.90. The van der Waals surface area contributed by atoms with Crippen LogP contribution in [0, 0.1) is 6.42 Å². The molecule has 12 heavy (non-hydrogen) atoms. The fourth-order valence-corrected chi connectivity index (χ4v) is 0.962. The highest BCUT2D eigenvalue weighted by Gasteiger charge is 1.94. The quantitative estimate of drug-likeness (QED) is 0.709. The molecule has 0 heterocycles. The summed E-state index contributed by atoms with van der Waals surface area (Å²) in [6.45, 7) is 3.48. The number of anilines is 1. The van der Waals surface area contributed by atoms with E-state index in [1.165, 1.54) is 6.92 Å². The fraction of sp³-hybridized carbons (Fsp3) is 0.200. The van der Waals surface area contributed by atoms with Gasteiger partial charge in [0.2, 0.25) is 5.91 Å². The van der Waals surface area contributed by atoms with Gasteiger partial charge in [-0.15, -0.1) is 0 Å². The van der Waals surface area contributed by atoms with Gasteiger partial charge in [-0.2, -0.15) is 0 Å². The molecule has 2 nitrogen and oxygen atoms in total. The Bertz CT molecular complexity index is 264. The molecule has 0 bridgehead atoms. The first kappa shape index (κ1) is 8.78. The summed E-state index contributed by atoms with van der Waals surface area (Å²) < 4.78 is 0. The highest BCUT2D eigenvalue weighted by molar-refractivity contribution is 5.88. The molecule has 1 aromatic rings. The molecule has 0 saturated carbocycles. The molecule has 1 aromatic carbocycles. The van der Waals surface area contributed by atoms with E-state index < -0.39 is 0 Å². The second-order valence-electron chi connectivity index (χ2n) is 2.59. The van der Waals surface area contributed by atoms with Gasteiger partial charge in [-0.25, -0.2) is 0 Å². The summed E-state index contributed by atoms with van der Waals surface area (Å²) in [4.78, 5) is 10.6. The highest BCUT2D eigenvalue weighted by atomic mass is 16.1. The molecule has 0 aromatic heterocycles. The van der Waals surface area contributed by atoms with E-state index in [1.54, 1.807) is 0 Å². The maximum absolute atomic E-state index is 10.6. The summed E-state index contributed by atoms with van der Waals surface area (Å²) in [5.41, 5.74) is 2.00. The van der Waals surface area contributed by atoms with Crippen LogP contribution in [0.25, 0.3) is 0 Å². The van der Waals surface area contributed by atoms with E-state index in [0.717, 1.165) is 11.3 Å². The Labute approximate surface area is 72.6 Å². The molecular weight excluding hydrogens is 150 g/mol. The number of benzene rings is 1. The molecule has 1 radical (unpaired) electrons. The molecule has 1 N–H and O–H groups in total. The van der Waals surface area contributed by atoms with Crippen LogP contribution in [0.15, 0.2) is 24.3 Å². The van der Waals surface area contributed by atoms with Crippen molar-refractivity contribution in [2.75, 3.05) is 5.32 Å². The van der Waals surface area contributed by atoms with Crippen molar-refractivity contribution >= 4 is 11.6 Å². The molecule has 0 unspecified atom stereocenters. The van der Waals surface area contributed by atoms with Crippen molar-refractivity contribution in [1.29, 1.82) is 0 Å². The van der Waals surface area contributed by atoms with Crippen LogP contribution in [-0.2, 0) is 4.79 Å². The van der Waals surface area contributed by atoms with Crippen LogP contribution in [0.2, 0.25) is 0 Å².